The van der Waals surface area contributed by atoms with E-state index in [0.717, 1.165) is 33.8 Å². The van der Waals surface area contributed by atoms with Gasteiger partial charge in [-0.05, 0) is 38.1 Å². The summed E-state index contributed by atoms with van der Waals surface area (Å²) in [7, 11) is 0. The number of hydrogen-bond donors (Lipinski definition) is 0. The monoisotopic (exact) mass is 412 g/mol. The average molecular weight is 413 g/mol. The Bertz CT molecular complexity index is 1050. The van der Waals surface area contributed by atoms with E-state index in [-0.39, 0.29) is 25.8 Å². The fourth-order valence-electron chi connectivity index (χ4n) is 3.47. The number of esters is 1. The third-order valence-electron chi connectivity index (χ3n) is 4.90. The first-order valence-corrected chi connectivity index (χ1v) is 9.68. The highest BCUT2D eigenvalue weighted by Crippen LogP contribution is 2.32. The van der Waals surface area contributed by atoms with Gasteiger partial charge in [-0.3, -0.25) is 4.79 Å². The maximum Gasteiger partial charge on any atom is 0.310 e. The zero-order valence-electron chi connectivity index (χ0n) is 16.3. The number of rotatable bonds is 5. The minimum atomic E-state index is -0.329. The lowest BCUT2D eigenvalue weighted by molar-refractivity contribution is -0.144. The molecule has 7 heteroatoms. The second kappa shape index (κ2) is 8.27. The van der Waals surface area contributed by atoms with Crippen molar-refractivity contribution < 1.29 is 19.0 Å². The molecule has 0 aliphatic carbocycles. The van der Waals surface area contributed by atoms with Gasteiger partial charge in [-0.2, -0.15) is 5.10 Å². The molecule has 1 aromatic heterocycles. The lowest BCUT2D eigenvalue weighted by Crippen LogP contribution is -2.15. The summed E-state index contributed by atoms with van der Waals surface area (Å²) < 4.78 is 18.2. The summed E-state index contributed by atoms with van der Waals surface area (Å²) in [5.41, 5.74) is 5.15. The van der Waals surface area contributed by atoms with Crippen LogP contribution in [0.2, 0.25) is 5.02 Å². The first kappa shape index (κ1) is 19.5. The van der Waals surface area contributed by atoms with E-state index < -0.39 is 0 Å². The van der Waals surface area contributed by atoms with Crippen molar-refractivity contribution in [2.45, 2.75) is 33.5 Å². The minimum absolute atomic E-state index is 0.0899. The van der Waals surface area contributed by atoms with Crippen LogP contribution < -0.4 is 4.74 Å². The van der Waals surface area contributed by atoms with E-state index >= 15 is 0 Å². The van der Waals surface area contributed by atoms with Crippen molar-refractivity contribution in [1.29, 1.82) is 0 Å². The molecular formula is C22H21ClN2O4. The van der Waals surface area contributed by atoms with Crippen LogP contribution in [0.15, 0.2) is 42.5 Å². The number of para-hydroxylation sites is 1. The maximum absolute atomic E-state index is 12.5. The molecule has 0 radical (unpaired) electrons. The fourth-order valence-corrected chi connectivity index (χ4v) is 3.73. The number of carbonyl (C=O) groups excluding carboxylic acids is 1. The zero-order valence-corrected chi connectivity index (χ0v) is 17.0. The van der Waals surface area contributed by atoms with Gasteiger partial charge in [0.2, 0.25) is 0 Å². The highest BCUT2D eigenvalue weighted by Gasteiger charge is 2.20. The summed E-state index contributed by atoms with van der Waals surface area (Å²) in [4.78, 5) is 12.5. The predicted molar refractivity (Wildman–Crippen MR) is 108 cm³/mol. The van der Waals surface area contributed by atoms with Gasteiger partial charge in [-0.25, -0.2) is 4.68 Å². The quantitative estimate of drug-likeness (QED) is 0.585. The molecule has 0 atom stereocenters. The number of hydrogen-bond acceptors (Lipinski definition) is 5. The van der Waals surface area contributed by atoms with Crippen LogP contribution in [0.4, 0.5) is 0 Å². The molecule has 0 N–H and O–H groups in total. The zero-order chi connectivity index (χ0) is 20.4. The van der Waals surface area contributed by atoms with Crippen molar-refractivity contribution in [1.82, 2.24) is 9.78 Å². The molecule has 0 bridgehead atoms. The Hall–Kier alpha value is -2.83. The fraction of sp³-hybridized carbons (Fsp3) is 0.273. The molecule has 3 aromatic rings. The Morgan fingerprint density at radius 3 is 2.83 bits per heavy atom. The highest BCUT2D eigenvalue weighted by atomic mass is 35.5. The van der Waals surface area contributed by atoms with E-state index in [2.05, 4.69) is 5.10 Å². The second-order valence-electron chi connectivity index (χ2n) is 6.90. The Kier molecular flexibility index (Phi) is 5.56. The summed E-state index contributed by atoms with van der Waals surface area (Å²) in [5.74, 6) is 0.349. The van der Waals surface area contributed by atoms with E-state index in [1.54, 1.807) is 12.1 Å². The summed E-state index contributed by atoms with van der Waals surface area (Å²) in [5, 5.41) is 5.13. The van der Waals surface area contributed by atoms with Gasteiger partial charge in [0.1, 0.15) is 12.4 Å². The van der Waals surface area contributed by atoms with Gasteiger partial charge in [0, 0.05) is 27.4 Å². The summed E-state index contributed by atoms with van der Waals surface area (Å²) in [6.07, 6.45) is 0.150. The summed E-state index contributed by atoms with van der Waals surface area (Å²) >= 11 is 6.17. The molecule has 0 saturated carbocycles. The Balaban J connectivity index is 1.48. The van der Waals surface area contributed by atoms with Crippen molar-refractivity contribution >= 4 is 17.6 Å². The van der Waals surface area contributed by atoms with Crippen LogP contribution in [0.5, 0.6) is 5.75 Å². The van der Waals surface area contributed by atoms with E-state index in [9.17, 15) is 4.79 Å². The van der Waals surface area contributed by atoms with Crippen molar-refractivity contribution in [3.63, 3.8) is 0 Å². The largest absolute Gasteiger partial charge is 0.467 e. The van der Waals surface area contributed by atoms with Crippen LogP contribution in [0.1, 0.15) is 28.1 Å². The standard InChI is InChI=1S/C22H21ClN2O4/c1-14-20(15(2)25(24-14)19-6-4-3-5-7-19)10-21(26)28-12-17-9-18(23)8-16-11-27-13-29-22(16)17/h3-9H,10-13H2,1-2H3. The molecule has 150 valence electrons. The van der Waals surface area contributed by atoms with Crippen LogP contribution in [0, 0.1) is 13.8 Å². The smallest absolute Gasteiger partial charge is 0.310 e. The van der Waals surface area contributed by atoms with Gasteiger partial charge < -0.3 is 14.2 Å². The number of ether oxygens (including phenoxy) is 3. The van der Waals surface area contributed by atoms with Crippen LogP contribution in [-0.2, 0) is 33.9 Å². The Morgan fingerprint density at radius 1 is 1.24 bits per heavy atom. The van der Waals surface area contributed by atoms with Crippen LogP contribution in [-0.4, -0.2) is 22.5 Å². The maximum atomic E-state index is 12.5. The van der Waals surface area contributed by atoms with Gasteiger partial charge >= 0.3 is 5.97 Å². The second-order valence-corrected chi connectivity index (χ2v) is 7.33. The van der Waals surface area contributed by atoms with Crippen molar-refractivity contribution in [2.24, 2.45) is 0 Å². The van der Waals surface area contributed by atoms with E-state index in [1.165, 1.54) is 0 Å². The van der Waals surface area contributed by atoms with Crippen molar-refractivity contribution in [3.8, 4) is 11.4 Å². The lowest BCUT2D eigenvalue weighted by Gasteiger charge is -2.21. The van der Waals surface area contributed by atoms with Crippen LogP contribution >= 0.6 is 11.6 Å². The molecule has 29 heavy (non-hydrogen) atoms. The Morgan fingerprint density at radius 2 is 2.03 bits per heavy atom. The van der Waals surface area contributed by atoms with Gasteiger partial charge in [0.05, 0.1) is 24.4 Å². The van der Waals surface area contributed by atoms with E-state index in [0.29, 0.717) is 17.4 Å². The number of carbonyl (C=O) groups is 1. The first-order valence-electron chi connectivity index (χ1n) is 9.31. The molecule has 6 nitrogen and oxygen atoms in total. The number of aromatic nitrogens is 2. The molecule has 2 heterocycles. The number of aryl methyl sites for hydroxylation is 1. The first-order chi connectivity index (χ1) is 14.0. The van der Waals surface area contributed by atoms with Gasteiger partial charge in [0.15, 0.2) is 6.79 Å². The molecule has 1 aliphatic rings. The molecule has 0 spiro atoms. The third kappa shape index (κ3) is 4.13. The molecule has 0 amide bonds. The summed E-state index contributed by atoms with van der Waals surface area (Å²) in [6.45, 7) is 4.54. The molecule has 0 fully saturated rings. The molecular weight excluding hydrogens is 392 g/mol. The molecule has 0 saturated heterocycles. The van der Waals surface area contributed by atoms with E-state index in [4.69, 9.17) is 25.8 Å². The van der Waals surface area contributed by atoms with Crippen molar-refractivity contribution in [3.05, 3.63) is 75.6 Å². The average Bonchev–Trinajstić information content (AvgIpc) is 3.00. The molecule has 2 aromatic carbocycles. The Labute approximate surface area is 174 Å². The van der Waals surface area contributed by atoms with Gasteiger partial charge in [-0.15, -0.1) is 0 Å². The highest BCUT2D eigenvalue weighted by molar-refractivity contribution is 6.30. The summed E-state index contributed by atoms with van der Waals surface area (Å²) in [6, 6.07) is 13.4. The predicted octanol–water partition coefficient (Wildman–Crippen LogP) is 4.29. The molecule has 4 rings (SSSR count). The SMILES string of the molecule is Cc1nn(-c2ccccc2)c(C)c1CC(=O)OCc1cc(Cl)cc2c1OCOC2. The number of benzene rings is 2. The van der Waals surface area contributed by atoms with Crippen LogP contribution in [0.25, 0.3) is 5.69 Å². The molecule has 0 unspecified atom stereocenters. The van der Waals surface area contributed by atoms with Gasteiger partial charge in [-0.1, -0.05) is 29.8 Å². The molecule has 1 aliphatic heterocycles. The number of fused-ring (bicyclic) bond motifs is 1. The number of nitrogens with zero attached hydrogens (tertiary/aromatic N) is 2. The number of halogens is 1. The minimum Gasteiger partial charge on any atom is -0.467 e. The van der Waals surface area contributed by atoms with Crippen LogP contribution in [0.3, 0.4) is 0 Å². The van der Waals surface area contributed by atoms with Gasteiger partial charge in [0.25, 0.3) is 0 Å². The lowest BCUT2D eigenvalue weighted by atomic mass is 10.1. The van der Waals surface area contributed by atoms with E-state index in [1.807, 2.05) is 48.9 Å². The normalized spacial score (nSPS) is 12.9. The topological polar surface area (TPSA) is 62.6 Å². The third-order valence-corrected chi connectivity index (χ3v) is 5.12. The van der Waals surface area contributed by atoms with Crippen molar-refractivity contribution in [2.75, 3.05) is 6.79 Å².